The second kappa shape index (κ2) is 7.53. The smallest absolute Gasteiger partial charge is 0.119 e. The van der Waals surface area contributed by atoms with Gasteiger partial charge in [0, 0.05) is 0 Å². The molecular formula is C23H26O. The molecule has 1 nitrogen and oxygen atoms in total. The first-order chi connectivity index (χ1) is 11.8. The van der Waals surface area contributed by atoms with Crippen molar-refractivity contribution >= 4 is 33.7 Å². The molecule has 0 saturated carbocycles. The van der Waals surface area contributed by atoms with Gasteiger partial charge in [-0.05, 0) is 63.4 Å². The van der Waals surface area contributed by atoms with Crippen molar-refractivity contribution in [2.45, 2.75) is 40.0 Å². The average molecular weight is 318 g/mol. The summed E-state index contributed by atoms with van der Waals surface area (Å²) in [5.41, 5.74) is 0. The molecular weight excluding hydrogens is 292 g/mol. The number of rotatable bonds is 5. The van der Waals surface area contributed by atoms with Crippen molar-refractivity contribution < 1.29 is 4.74 Å². The van der Waals surface area contributed by atoms with E-state index in [4.69, 9.17) is 4.74 Å². The first-order valence-corrected chi connectivity index (χ1v) is 9.07. The first-order valence-electron chi connectivity index (χ1n) is 9.07. The minimum absolute atomic E-state index is 0.764. The van der Waals surface area contributed by atoms with Crippen LogP contribution in [0.25, 0.3) is 33.7 Å². The molecule has 0 aromatic heterocycles. The van der Waals surface area contributed by atoms with E-state index in [9.17, 15) is 0 Å². The molecule has 1 heteroatoms. The SMILES string of the molecule is CCC=c1c2ccccc2c(=CCC)c2cc(OCCC)ccc12. The van der Waals surface area contributed by atoms with Gasteiger partial charge in [-0.15, -0.1) is 0 Å². The molecule has 0 bridgehead atoms. The van der Waals surface area contributed by atoms with Crippen LogP contribution in [-0.4, -0.2) is 6.61 Å². The van der Waals surface area contributed by atoms with Crippen LogP contribution in [0.4, 0.5) is 0 Å². The third kappa shape index (κ3) is 3.03. The van der Waals surface area contributed by atoms with Gasteiger partial charge in [-0.25, -0.2) is 0 Å². The summed E-state index contributed by atoms with van der Waals surface area (Å²) in [6.45, 7) is 7.30. The fraction of sp³-hybridized carbons (Fsp3) is 0.304. The zero-order chi connectivity index (χ0) is 16.9. The van der Waals surface area contributed by atoms with Gasteiger partial charge >= 0.3 is 0 Å². The first kappa shape index (κ1) is 16.6. The number of fused-ring (bicyclic) bond motifs is 2. The molecule has 0 aliphatic rings. The largest absolute Gasteiger partial charge is 0.494 e. The van der Waals surface area contributed by atoms with Gasteiger partial charge in [0.2, 0.25) is 0 Å². The quantitative estimate of drug-likeness (QED) is 0.590. The van der Waals surface area contributed by atoms with Crippen molar-refractivity contribution in [2.75, 3.05) is 6.61 Å². The van der Waals surface area contributed by atoms with Crippen LogP contribution in [0.1, 0.15) is 40.0 Å². The summed E-state index contributed by atoms with van der Waals surface area (Å²) in [4.78, 5) is 0. The standard InChI is InChI=1S/C23H26O/c1-4-9-18-20-11-7-8-12-21(20)19(10-5-2)23-16-17(24-15-6-3)13-14-22(18)23/h7-14,16H,4-6,15H2,1-3H3. The van der Waals surface area contributed by atoms with Gasteiger partial charge in [0.25, 0.3) is 0 Å². The molecule has 0 aliphatic heterocycles. The minimum atomic E-state index is 0.764. The van der Waals surface area contributed by atoms with Crippen LogP contribution in [0.15, 0.2) is 42.5 Å². The number of ether oxygens (including phenoxy) is 1. The zero-order valence-electron chi connectivity index (χ0n) is 14.9. The van der Waals surface area contributed by atoms with Crippen LogP contribution in [0.3, 0.4) is 0 Å². The summed E-state index contributed by atoms with van der Waals surface area (Å²) in [5.74, 6) is 0.966. The van der Waals surface area contributed by atoms with E-state index in [1.165, 1.54) is 32.0 Å². The van der Waals surface area contributed by atoms with Crippen molar-refractivity contribution in [1.29, 1.82) is 0 Å². The van der Waals surface area contributed by atoms with E-state index >= 15 is 0 Å². The topological polar surface area (TPSA) is 9.23 Å². The Kier molecular flexibility index (Phi) is 5.20. The molecule has 0 N–H and O–H groups in total. The van der Waals surface area contributed by atoms with Crippen LogP contribution in [0.2, 0.25) is 0 Å². The number of hydrogen-bond acceptors (Lipinski definition) is 1. The van der Waals surface area contributed by atoms with Gasteiger partial charge in [-0.1, -0.05) is 63.3 Å². The van der Waals surface area contributed by atoms with Crippen LogP contribution in [0, 0.1) is 0 Å². The highest BCUT2D eigenvalue weighted by Crippen LogP contribution is 2.20. The predicted molar refractivity (Wildman–Crippen MR) is 106 cm³/mol. The molecule has 0 heterocycles. The molecule has 124 valence electrons. The molecule has 0 unspecified atom stereocenters. The van der Waals surface area contributed by atoms with Crippen molar-refractivity contribution in [3.8, 4) is 5.75 Å². The summed E-state index contributed by atoms with van der Waals surface area (Å²) in [5, 5.41) is 7.97. The average Bonchev–Trinajstić information content (AvgIpc) is 2.62. The Bertz CT molecular complexity index is 967. The fourth-order valence-electron chi connectivity index (χ4n) is 3.38. The Hall–Kier alpha value is -2.28. The Labute approximate surface area is 144 Å². The highest BCUT2D eigenvalue weighted by atomic mass is 16.5. The monoisotopic (exact) mass is 318 g/mol. The third-order valence-corrected chi connectivity index (χ3v) is 4.37. The molecule has 0 amide bonds. The lowest BCUT2D eigenvalue weighted by Crippen LogP contribution is -2.15. The van der Waals surface area contributed by atoms with E-state index in [1.54, 1.807) is 0 Å². The molecule has 3 rings (SSSR count). The maximum absolute atomic E-state index is 5.88. The maximum atomic E-state index is 5.88. The van der Waals surface area contributed by atoms with Crippen LogP contribution < -0.4 is 15.2 Å². The van der Waals surface area contributed by atoms with Crippen molar-refractivity contribution in [3.63, 3.8) is 0 Å². The van der Waals surface area contributed by atoms with Crippen LogP contribution in [-0.2, 0) is 0 Å². The molecule has 0 radical (unpaired) electrons. The zero-order valence-corrected chi connectivity index (χ0v) is 14.9. The van der Waals surface area contributed by atoms with Gasteiger partial charge in [-0.3, -0.25) is 0 Å². The van der Waals surface area contributed by atoms with E-state index in [1.807, 2.05) is 0 Å². The Balaban J connectivity index is 2.47. The summed E-state index contributed by atoms with van der Waals surface area (Å²) < 4.78 is 5.88. The summed E-state index contributed by atoms with van der Waals surface area (Å²) in [6.07, 6.45) is 7.76. The fourth-order valence-corrected chi connectivity index (χ4v) is 3.38. The van der Waals surface area contributed by atoms with E-state index in [0.717, 1.165) is 31.6 Å². The van der Waals surface area contributed by atoms with Crippen molar-refractivity contribution in [3.05, 3.63) is 52.9 Å². The molecule has 0 saturated heterocycles. The van der Waals surface area contributed by atoms with E-state index in [0.29, 0.717) is 0 Å². The lowest BCUT2D eigenvalue weighted by molar-refractivity contribution is 0.318. The Morgan fingerprint density at radius 1 is 0.750 bits per heavy atom. The minimum Gasteiger partial charge on any atom is -0.494 e. The maximum Gasteiger partial charge on any atom is 0.119 e. The summed E-state index contributed by atoms with van der Waals surface area (Å²) in [7, 11) is 0. The normalized spacial score (nSPS) is 13.1. The predicted octanol–water partition coefficient (Wildman–Crippen LogP) is 5.16. The van der Waals surface area contributed by atoms with Crippen LogP contribution >= 0.6 is 0 Å². The Morgan fingerprint density at radius 2 is 1.33 bits per heavy atom. The van der Waals surface area contributed by atoms with Gasteiger partial charge < -0.3 is 4.74 Å². The number of benzene rings is 3. The molecule has 0 atom stereocenters. The Morgan fingerprint density at radius 3 is 1.92 bits per heavy atom. The van der Waals surface area contributed by atoms with Crippen LogP contribution in [0.5, 0.6) is 5.75 Å². The van der Waals surface area contributed by atoms with Crippen molar-refractivity contribution in [1.82, 2.24) is 0 Å². The number of hydrogen-bond donors (Lipinski definition) is 0. The van der Waals surface area contributed by atoms with Crippen molar-refractivity contribution in [2.24, 2.45) is 0 Å². The van der Waals surface area contributed by atoms with Gasteiger partial charge in [0.05, 0.1) is 6.61 Å². The lowest BCUT2D eigenvalue weighted by atomic mass is 9.96. The molecule has 0 aliphatic carbocycles. The highest BCUT2D eigenvalue weighted by Gasteiger charge is 2.06. The lowest BCUT2D eigenvalue weighted by Gasteiger charge is -2.10. The van der Waals surface area contributed by atoms with E-state index in [2.05, 4.69) is 75.4 Å². The summed E-state index contributed by atoms with van der Waals surface area (Å²) >= 11 is 0. The second-order valence-corrected chi connectivity index (χ2v) is 6.15. The highest BCUT2D eigenvalue weighted by molar-refractivity contribution is 6.00. The molecule has 3 aromatic rings. The van der Waals surface area contributed by atoms with Gasteiger partial charge in [-0.2, -0.15) is 0 Å². The van der Waals surface area contributed by atoms with E-state index < -0.39 is 0 Å². The third-order valence-electron chi connectivity index (χ3n) is 4.37. The molecule has 0 spiro atoms. The van der Waals surface area contributed by atoms with Gasteiger partial charge in [0.1, 0.15) is 5.75 Å². The molecule has 24 heavy (non-hydrogen) atoms. The molecule has 0 fully saturated rings. The van der Waals surface area contributed by atoms with E-state index in [-0.39, 0.29) is 0 Å². The van der Waals surface area contributed by atoms with Gasteiger partial charge in [0.15, 0.2) is 0 Å². The summed E-state index contributed by atoms with van der Waals surface area (Å²) in [6, 6.07) is 15.3. The molecule has 3 aromatic carbocycles. The second-order valence-electron chi connectivity index (χ2n) is 6.15.